The van der Waals surface area contributed by atoms with Crippen LogP contribution in [0, 0.1) is 5.82 Å². The molecule has 6 nitrogen and oxygen atoms in total. The summed E-state index contributed by atoms with van der Waals surface area (Å²) in [5.41, 5.74) is 1.40. The Morgan fingerprint density at radius 3 is 2.68 bits per heavy atom. The number of aromatic nitrogens is 2. The highest BCUT2D eigenvalue weighted by Crippen LogP contribution is 2.31. The first-order valence-corrected chi connectivity index (χ1v) is 10.1. The number of benzene rings is 2. The SMILES string of the molecule is CC(=O)c1cccc(NC(=O)[C@@H](C)Sc2nnc(Nc3ccccc3F)s2)c1. The number of nitrogens with one attached hydrogen (secondary N) is 2. The average molecular weight is 417 g/mol. The molecule has 0 unspecified atom stereocenters. The Morgan fingerprint density at radius 2 is 1.93 bits per heavy atom. The van der Waals surface area contributed by atoms with Crippen LogP contribution in [0.3, 0.4) is 0 Å². The summed E-state index contributed by atoms with van der Waals surface area (Å²) < 4.78 is 14.3. The number of rotatable bonds is 7. The number of halogens is 1. The van der Waals surface area contributed by atoms with Gasteiger partial charge in [-0.25, -0.2) is 4.39 Å². The van der Waals surface area contributed by atoms with Gasteiger partial charge in [-0.1, -0.05) is 47.4 Å². The van der Waals surface area contributed by atoms with Crippen LogP contribution in [0.25, 0.3) is 0 Å². The van der Waals surface area contributed by atoms with E-state index in [9.17, 15) is 14.0 Å². The van der Waals surface area contributed by atoms with E-state index in [4.69, 9.17) is 0 Å². The summed E-state index contributed by atoms with van der Waals surface area (Å²) in [7, 11) is 0. The van der Waals surface area contributed by atoms with Crippen LogP contribution >= 0.6 is 23.1 Å². The zero-order chi connectivity index (χ0) is 20.1. The van der Waals surface area contributed by atoms with Crippen LogP contribution in [0.5, 0.6) is 0 Å². The fourth-order valence-corrected chi connectivity index (χ4v) is 4.16. The Balaban J connectivity index is 1.60. The van der Waals surface area contributed by atoms with Gasteiger partial charge in [-0.15, -0.1) is 10.2 Å². The summed E-state index contributed by atoms with van der Waals surface area (Å²) in [4.78, 5) is 23.9. The van der Waals surface area contributed by atoms with Crippen LogP contribution in [-0.4, -0.2) is 27.1 Å². The molecule has 1 heterocycles. The van der Waals surface area contributed by atoms with Gasteiger partial charge in [0.2, 0.25) is 11.0 Å². The third-order valence-electron chi connectivity index (χ3n) is 3.71. The fraction of sp³-hybridized carbons (Fsp3) is 0.158. The molecule has 1 amide bonds. The van der Waals surface area contributed by atoms with E-state index in [1.165, 1.54) is 36.1 Å². The van der Waals surface area contributed by atoms with E-state index in [1.54, 1.807) is 49.4 Å². The summed E-state index contributed by atoms with van der Waals surface area (Å²) in [6, 6.07) is 13.1. The van der Waals surface area contributed by atoms with Crippen LogP contribution < -0.4 is 10.6 Å². The zero-order valence-electron chi connectivity index (χ0n) is 15.1. The molecule has 0 radical (unpaired) electrons. The number of nitrogens with zero attached hydrogens (tertiary/aromatic N) is 2. The highest BCUT2D eigenvalue weighted by molar-refractivity contribution is 8.02. The van der Waals surface area contributed by atoms with Gasteiger partial charge in [0.1, 0.15) is 5.82 Å². The molecule has 144 valence electrons. The fourth-order valence-electron chi connectivity index (χ4n) is 2.25. The van der Waals surface area contributed by atoms with Crippen molar-refractivity contribution in [2.45, 2.75) is 23.4 Å². The van der Waals surface area contributed by atoms with Crippen molar-refractivity contribution in [2.24, 2.45) is 0 Å². The Hall–Kier alpha value is -2.78. The summed E-state index contributed by atoms with van der Waals surface area (Å²) in [5.74, 6) is -0.667. The molecule has 0 saturated heterocycles. The van der Waals surface area contributed by atoms with Crippen molar-refractivity contribution < 1.29 is 14.0 Å². The van der Waals surface area contributed by atoms with Gasteiger partial charge >= 0.3 is 0 Å². The number of amides is 1. The number of ketones is 1. The van der Waals surface area contributed by atoms with Crippen molar-refractivity contribution in [3.8, 4) is 0 Å². The Morgan fingerprint density at radius 1 is 1.14 bits per heavy atom. The minimum absolute atomic E-state index is 0.0673. The maximum Gasteiger partial charge on any atom is 0.237 e. The Kier molecular flexibility index (Phi) is 6.37. The molecule has 0 spiro atoms. The molecule has 0 aliphatic heterocycles. The number of anilines is 3. The standard InChI is InChI=1S/C19H17FN4O2S2/c1-11(25)13-6-5-7-14(10-13)21-17(26)12(2)27-19-24-23-18(28-19)22-16-9-4-3-8-15(16)20/h3-10,12H,1-2H3,(H,21,26)(H,22,23)/t12-/m1/s1. The van der Waals surface area contributed by atoms with Gasteiger partial charge in [0.05, 0.1) is 10.9 Å². The molecule has 3 rings (SSSR count). The molecule has 1 atom stereocenters. The van der Waals surface area contributed by atoms with E-state index >= 15 is 0 Å². The molecule has 0 saturated carbocycles. The van der Waals surface area contributed by atoms with Crippen molar-refractivity contribution in [3.05, 3.63) is 59.9 Å². The first-order valence-electron chi connectivity index (χ1n) is 8.36. The van der Waals surface area contributed by atoms with Crippen LogP contribution in [-0.2, 0) is 4.79 Å². The van der Waals surface area contributed by atoms with Crippen LogP contribution in [0.1, 0.15) is 24.2 Å². The number of para-hydroxylation sites is 1. The molecule has 0 aliphatic carbocycles. The van der Waals surface area contributed by atoms with E-state index in [2.05, 4.69) is 20.8 Å². The van der Waals surface area contributed by atoms with E-state index in [1.807, 2.05) is 0 Å². The van der Waals surface area contributed by atoms with Gasteiger partial charge in [0.25, 0.3) is 0 Å². The molecule has 9 heteroatoms. The van der Waals surface area contributed by atoms with Gasteiger partial charge in [-0.3, -0.25) is 9.59 Å². The van der Waals surface area contributed by atoms with Gasteiger partial charge in [0.15, 0.2) is 10.1 Å². The molecule has 3 aromatic rings. The van der Waals surface area contributed by atoms with Crippen molar-refractivity contribution in [1.29, 1.82) is 0 Å². The normalized spacial score (nSPS) is 11.7. The lowest BCUT2D eigenvalue weighted by atomic mass is 10.1. The van der Waals surface area contributed by atoms with E-state index in [0.717, 1.165) is 0 Å². The lowest BCUT2D eigenvalue weighted by Crippen LogP contribution is -2.22. The van der Waals surface area contributed by atoms with Crippen molar-refractivity contribution in [3.63, 3.8) is 0 Å². The minimum atomic E-state index is -0.435. The van der Waals surface area contributed by atoms with Crippen molar-refractivity contribution in [1.82, 2.24) is 10.2 Å². The Bertz CT molecular complexity index is 1010. The van der Waals surface area contributed by atoms with Crippen molar-refractivity contribution >= 4 is 51.3 Å². The summed E-state index contributed by atoms with van der Waals surface area (Å²) >= 11 is 2.48. The number of carbonyl (C=O) groups is 2. The lowest BCUT2D eigenvalue weighted by molar-refractivity contribution is -0.115. The maximum absolute atomic E-state index is 13.7. The minimum Gasteiger partial charge on any atom is -0.328 e. The third-order valence-corrected chi connectivity index (χ3v) is 5.73. The van der Waals surface area contributed by atoms with Gasteiger partial charge in [-0.05, 0) is 38.1 Å². The van der Waals surface area contributed by atoms with E-state index < -0.39 is 5.25 Å². The predicted molar refractivity (Wildman–Crippen MR) is 110 cm³/mol. The highest BCUT2D eigenvalue weighted by Gasteiger charge is 2.18. The number of hydrogen-bond donors (Lipinski definition) is 2. The Labute approximate surface area is 169 Å². The van der Waals surface area contributed by atoms with E-state index in [0.29, 0.717) is 26.4 Å². The molecule has 0 bridgehead atoms. The second kappa shape index (κ2) is 8.94. The van der Waals surface area contributed by atoms with E-state index in [-0.39, 0.29) is 17.5 Å². The third kappa shape index (κ3) is 5.14. The number of thioether (sulfide) groups is 1. The summed E-state index contributed by atoms with van der Waals surface area (Å²) in [5, 5.41) is 13.7. The first kappa shape index (κ1) is 20.0. The first-order chi connectivity index (χ1) is 13.4. The molecule has 0 aliphatic rings. The molecular formula is C19H17FN4O2S2. The van der Waals surface area contributed by atoms with Gasteiger partial charge < -0.3 is 10.6 Å². The molecular weight excluding hydrogens is 399 g/mol. The largest absolute Gasteiger partial charge is 0.328 e. The lowest BCUT2D eigenvalue weighted by Gasteiger charge is -2.10. The zero-order valence-corrected chi connectivity index (χ0v) is 16.7. The molecule has 2 aromatic carbocycles. The average Bonchev–Trinajstić information content (AvgIpc) is 3.10. The summed E-state index contributed by atoms with van der Waals surface area (Å²) in [6.45, 7) is 3.22. The smallest absolute Gasteiger partial charge is 0.237 e. The van der Waals surface area contributed by atoms with Crippen LogP contribution in [0.2, 0.25) is 0 Å². The molecule has 1 aromatic heterocycles. The highest BCUT2D eigenvalue weighted by atomic mass is 32.2. The van der Waals surface area contributed by atoms with Crippen molar-refractivity contribution in [2.75, 3.05) is 10.6 Å². The quantitative estimate of drug-likeness (QED) is 0.427. The summed E-state index contributed by atoms with van der Waals surface area (Å²) in [6.07, 6.45) is 0. The number of hydrogen-bond acceptors (Lipinski definition) is 7. The van der Waals surface area contributed by atoms with Crippen LogP contribution in [0.15, 0.2) is 52.9 Å². The van der Waals surface area contributed by atoms with Gasteiger partial charge in [-0.2, -0.15) is 0 Å². The maximum atomic E-state index is 13.7. The second-order valence-corrected chi connectivity index (χ2v) is 8.43. The predicted octanol–water partition coefficient (Wildman–Crippen LogP) is 4.74. The second-order valence-electron chi connectivity index (χ2n) is 5.86. The van der Waals surface area contributed by atoms with Gasteiger partial charge in [0, 0.05) is 11.3 Å². The topological polar surface area (TPSA) is 84.0 Å². The number of Topliss-reactive ketones (excluding diaryl/α,β-unsaturated/α-hetero) is 1. The molecule has 0 fully saturated rings. The number of carbonyl (C=O) groups excluding carboxylic acids is 2. The monoisotopic (exact) mass is 416 g/mol. The molecule has 2 N–H and O–H groups in total. The molecule has 28 heavy (non-hydrogen) atoms. The van der Waals surface area contributed by atoms with Crippen LogP contribution in [0.4, 0.5) is 20.9 Å².